The Morgan fingerprint density at radius 2 is 1.90 bits per heavy atom. The van der Waals surface area contributed by atoms with E-state index in [0.717, 1.165) is 12.1 Å². The molecule has 3 heterocycles. The normalized spacial score (nSPS) is 16.5. The number of alkyl halides is 5. The van der Waals surface area contributed by atoms with Crippen molar-refractivity contribution >= 4 is 34.7 Å². The lowest BCUT2D eigenvalue weighted by molar-refractivity contribution is -0.137. The van der Waals surface area contributed by atoms with Gasteiger partial charge >= 0.3 is 6.18 Å². The number of amides is 1. The molecule has 2 aliphatic heterocycles. The van der Waals surface area contributed by atoms with Crippen LogP contribution in [-0.4, -0.2) is 48.0 Å². The summed E-state index contributed by atoms with van der Waals surface area (Å²) >= 11 is 6.25. The lowest BCUT2D eigenvalue weighted by Crippen LogP contribution is -2.39. The molecule has 1 amide bonds. The van der Waals surface area contributed by atoms with E-state index in [2.05, 4.69) is 20.6 Å². The molecule has 8 nitrogen and oxygen atoms in total. The summed E-state index contributed by atoms with van der Waals surface area (Å²) in [7, 11) is 0. The molecule has 0 saturated carbocycles. The lowest BCUT2D eigenvalue weighted by atomic mass is 10.0. The van der Waals surface area contributed by atoms with Gasteiger partial charge in [-0.25, -0.2) is 13.8 Å². The fourth-order valence-electron chi connectivity index (χ4n) is 4.16. The third kappa shape index (κ3) is 6.08. The maximum absolute atomic E-state index is 13.6. The van der Waals surface area contributed by atoms with Gasteiger partial charge in [0.15, 0.2) is 5.82 Å². The van der Waals surface area contributed by atoms with Crippen LogP contribution in [0, 0.1) is 0 Å². The Morgan fingerprint density at radius 3 is 2.64 bits per heavy atom. The minimum atomic E-state index is -4.72. The van der Waals surface area contributed by atoms with E-state index in [1.54, 1.807) is 0 Å². The van der Waals surface area contributed by atoms with Crippen molar-refractivity contribution in [2.24, 2.45) is 0 Å². The molecular weight excluding hydrogens is 549 g/mol. The van der Waals surface area contributed by atoms with E-state index in [1.165, 1.54) is 35.5 Å². The number of carbonyl (C=O) groups is 1. The first-order valence-electron chi connectivity index (χ1n) is 11.8. The fourth-order valence-corrected chi connectivity index (χ4v) is 4.32. The van der Waals surface area contributed by atoms with Gasteiger partial charge < -0.3 is 25.0 Å². The third-order valence-corrected chi connectivity index (χ3v) is 6.49. The zero-order valence-corrected chi connectivity index (χ0v) is 20.9. The number of fused-ring (bicyclic) bond motifs is 1. The molecule has 2 N–H and O–H groups in total. The molecule has 3 aromatic rings. The Kier molecular flexibility index (Phi) is 7.10. The van der Waals surface area contributed by atoms with Crippen LogP contribution in [0.25, 0.3) is 0 Å². The van der Waals surface area contributed by atoms with Crippen LogP contribution in [-0.2, 0) is 6.18 Å². The number of piperidine rings is 1. The number of carbonyl (C=O) groups excluding carboxylic acids is 1. The van der Waals surface area contributed by atoms with Crippen LogP contribution >= 0.6 is 11.6 Å². The molecule has 1 fully saturated rings. The number of aromatic nitrogens is 2. The van der Waals surface area contributed by atoms with Crippen molar-refractivity contribution in [2.75, 3.05) is 41.8 Å². The molecule has 5 rings (SSSR count). The summed E-state index contributed by atoms with van der Waals surface area (Å²) in [5.41, 5.74) is -1.05. The van der Waals surface area contributed by atoms with Gasteiger partial charge in [-0.15, -0.1) is 0 Å². The average Bonchev–Trinajstić information content (AvgIpc) is 2.89. The lowest BCUT2D eigenvalue weighted by Gasteiger charge is -2.34. The molecule has 14 heteroatoms. The van der Waals surface area contributed by atoms with Gasteiger partial charge in [0.2, 0.25) is 5.75 Å². The predicted molar refractivity (Wildman–Crippen MR) is 133 cm³/mol. The SMILES string of the molecule is O=C(Nc1cc(N2CCC(F)(F)CC2)cc(C(F)(F)F)c1)c1ccc(Cl)c(Oc2ncnc3c2OCCN3)c1. The second-order valence-electron chi connectivity index (χ2n) is 8.94. The van der Waals surface area contributed by atoms with Crippen LogP contribution in [0.4, 0.5) is 39.1 Å². The number of halogens is 6. The molecule has 1 aromatic heterocycles. The van der Waals surface area contributed by atoms with Crippen molar-refractivity contribution in [2.45, 2.75) is 24.9 Å². The molecule has 0 radical (unpaired) electrons. The minimum Gasteiger partial charge on any atom is -0.483 e. The Hall–Kier alpha value is -3.87. The molecule has 2 aliphatic rings. The standard InChI is InChI=1S/C25H21ClF5N5O3/c26-18-2-1-14(9-19(18)39-23-20-21(33-13-34-23)32-5-8-38-20)22(37)35-16-10-15(25(29,30)31)11-17(12-16)36-6-3-24(27,28)4-7-36/h1-2,9-13H,3-8H2,(H,35,37)(H,32,33,34). The molecule has 39 heavy (non-hydrogen) atoms. The van der Waals surface area contributed by atoms with Gasteiger partial charge in [-0.3, -0.25) is 4.79 Å². The maximum Gasteiger partial charge on any atom is 0.416 e. The summed E-state index contributed by atoms with van der Waals surface area (Å²) in [6.07, 6.45) is -4.41. The van der Waals surface area contributed by atoms with Gasteiger partial charge in [-0.1, -0.05) is 11.6 Å². The maximum atomic E-state index is 13.6. The highest BCUT2D eigenvalue weighted by atomic mass is 35.5. The predicted octanol–water partition coefficient (Wildman–Crippen LogP) is 6.23. The summed E-state index contributed by atoms with van der Waals surface area (Å²) < 4.78 is 79.4. The van der Waals surface area contributed by atoms with Crippen molar-refractivity contribution in [3.8, 4) is 17.4 Å². The number of anilines is 3. The first kappa shape index (κ1) is 26.7. The molecule has 0 unspecified atom stereocenters. The molecule has 0 atom stereocenters. The second-order valence-corrected chi connectivity index (χ2v) is 9.35. The zero-order valence-electron chi connectivity index (χ0n) is 20.1. The molecule has 1 saturated heterocycles. The number of ether oxygens (including phenoxy) is 2. The highest BCUT2D eigenvalue weighted by Crippen LogP contribution is 2.39. The Bertz CT molecular complexity index is 1390. The van der Waals surface area contributed by atoms with E-state index in [1.807, 2.05) is 0 Å². The van der Waals surface area contributed by atoms with Crippen molar-refractivity contribution in [3.05, 3.63) is 58.9 Å². The first-order chi connectivity index (χ1) is 18.5. The quantitative estimate of drug-likeness (QED) is 0.352. The Balaban J connectivity index is 1.39. The molecule has 0 spiro atoms. The van der Waals surface area contributed by atoms with Crippen LogP contribution < -0.4 is 25.0 Å². The van der Waals surface area contributed by atoms with Gasteiger partial charge in [0, 0.05) is 42.9 Å². The first-order valence-corrected chi connectivity index (χ1v) is 12.2. The molecule has 206 valence electrons. The van der Waals surface area contributed by atoms with E-state index in [9.17, 15) is 26.7 Å². The molecule has 0 aliphatic carbocycles. The Labute approximate surface area is 224 Å². The number of hydrogen-bond acceptors (Lipinski definition) is 7. The van der Waals surface area contributed by atoms with E-state index < -0.39 is 36.4 Å². The van der Waals surface area contributed by atoms with Crippen LogP contribution in [0.3, 0.4) is 0 Å². The monoisotopic (exact) mass is 569 g/mol. The van der Waals surface area contributed by atoms with Gasteiger partial charge in [0.1, 0.15) is 18.7 Å². The number of nitrogens with one attached hydrogen (secondary N) is 2. The van der Waals surface area contributed by atoms with E-state index in [4.69, 9.17) is 21.1 Å². The minimum absolute atomic E-state index is 0.0351. The molecule has 2 aromatic carbocycles. The number of hydrogen-bond donors (Lipinski definition) is 2. The zero-order chi connectivity index (χ0) is 27.8. The number of benzene rings is 2. The summed E-state index contributed by atoms with van der Waals surface area (Å²) in [4.78, 5) is 22.6. The smallest absolute Gasteiger partial charge is 0.416 e. The number of nitrogens with zero attached hydrogens (tertiary/aromatic N) is 3. The topological polar surface area (TPSA) is 88.6 Å². The van der Waals surface area contributed by atoms with Gasteiger partial charge in [-0.2, -0.15) is 18.2 Å². The van der Waals surface area contributed by atoms with Gasteiger partial charge in [0.25, 0.3) is 17.7 Å². The Morgan fingerprint density at radius 1 is 1.13 bits per heavy atom. The van der Waals surface area contributed by atoms with Crippen LogP contribution in [0.5, 0.6) is 17.4 Å². The van der Waals surface area contributed by atoms with Gasteiger partial charge in [-0.05, 0) is 36.4 Å². The number of rotatable bonds is 5. The van der Waals surface area contributed by atoms with Crippen molar-refractivity contribution in [1.29, 1.82) is 0 Å². The van der Waals surface area contributed by atoms with Gasteiger partial charge in [0.05, 0.1) is 17.1 Å². The average molecular weight is 570 g/mol. The van der Waals surface area contributed by atoms with Crippen molar-refractivity contribution in [1.82, 2.24) is 9.97 Å². The summed E-state index contributed by atoms with van der Waals surface area (Å²) in [5, 5.41) is 5.63. The molecular formula is C25H21ClF5N5O3. The van der Waals surface area contributed by atoms with E-state index in [-0.39, 0.29) is 52.4 Å². The van der Waals surface area contributed by atoms with Crippen molar-refractivity contribution in [3.63, 3.8) is 0 Å². The fraction of sp³-hybridized carbons (Fsp3) is 0.320. The van der Waals surface area contributed by atoms with Crippen LogP contribution in [0.2, 0.25) is 5.02 Å². The van der Waals surface area contributed by atoms with E-state index >= 15 is 0 Å². The van der Waals surface area contributed by atoms with Crippen molar-refractivity contribution < 1.29 is 36.2 Å². The summed E-state index contributed by atoms with van der Waals surface area (Å²) in [6.45, 7) is 0.657. The molecule has 0 bridgehead atoms. The highest BCUT2D eigenvalue weighted by molar-refractivity contribution is 6.32. The third-order valence-electron chi connectivity index (χ3n) is 6.18. The van der Waals surface area contributed by atoms with Crippen LogP contribution in [0.15, 0.2) is 42.7 Å². The van der Waals surface area contributed by atoms with E-state index in [0.29, 0.717) is 19.0 Å². The summed E-state index contributed by atoms with van der Waals surface area (Å²) in [6, 6.07) is 7.06. The summed E-state index contributed by atoms with van der Waals surface area (Å²) in [5.74, 6) is -2.80. The van der Waals surface area contributed by atoms with Crippen LogP contribution in [0.1, 0.15) is 28.8 Å². The largest absolute Gasteiger partial charge is 0.483 e. The second kappa shape index (κ2) is 10.4. The highest BCUT2D eigenvalue weighted by Gasteiger charge is 2.36.